The quantitative estimate of drug-likeness (QED) is 0.655. The third-order valence-corrected chi connectivity index (χ3v) is 6.78. The first-order valence-electron chi connectivity index (χ1n) is 8.51. The highest BCUT2D eigenvalue weighted by Gasteiger charge is 2.20. The summed E-state index contributed by atoms with van der Waals surface area (Å²) in [6.45, 7) is 7.21. The summed E-state index contributed by atoms with van der Waals surface area (Å²) in [6.07, 6.45) is 0. The molecule has 0 saturated heterocycles. The molecule has 0 aliphatic rings. The molecule has 0 radical (unpaired) electrons. The molecule has 0 atom stereocenters. The molecule has 0 spiro atoms. The number of benzene rings is 1. The first-order chi connectivity index (χ1) is 13.1. The van der Waals surface area contributed by atoms with E-state index in [-0.39, 0.29) is 10.5 Å². The Labute approximate surface area is 167 Å². The number of furan rings is 1. The predicted octanol–water partition coefficient (Wildman–Crippen LogP) is 3.80. The summed E-state index contributed by atoms with van der Waals surface area (Å²) in [7, 11) is -2.33. The van der Waals surface area contributed by atoms with E-state index >= 15 is 0 Å². The van der Waals surface area contributed by atoms with Crippen LogP contribution in [-0.2, 0) is 10.0 Å². The van der Waals surface area contributed by atoms with Crippen LogP contribution in [0, 0.1) is 27.7 Å². The zero-order valence-electron chi connectivity index (χ0n) is 16.2. The zero-order chi connectivity index (χ0) is 20.6. The maximum absolute atomic E-state index is 12.7. The Bertz CT molecular complexity index is 1160. The number of hydrogen-bond donors (Lipinski definition) is 2. The first-order valence-corrected chi connectivity index (χ1v) is 10.9. The highest BCUT2D eigenvalue weighted by atomic mass is 32.2. The average molecular weight is 420 g/mol. The van der Waals surface area contributed by atoms with Crippen molar-refractivity contribution in [3.8, 4) is 11.3 Å². The van der Waals surface area contributed by atoms with Crippen LogP contribution in [0.15, 0.2) is 32.9 Å². The van der Waals surface area contributed by atoms with Gasteiger partial charge in [0.05, 0.1) is 10.6 Å². The van der Waals surface area contributed by atoms with Gasteiger partial charge in [-0.3, -0.25) is 10.1 Å². The standard InChI is InChI=1S/C19H21N3O4S2/c1-10-6-14(8-17(12(10)3)28(24,25)20-5)18(23)22-19-21-16(9-27-19)15-7-11(2)26-13(15)4/h6-9,20H,1-5H3,(H,21,22,23). The molecule has 148 valence electrons. The van der Waals surface area contributed by atoms with Gasteiger partial charge >= 0.3 is 0 Å². The molecular weight excluding hydrogens is 398 g/mol. The van der Waals surface area contributed by atoms with Crippen molar-refractivity contribution in [2.24, 2.45) is 0 Å². The fraction of sp³-hybridized carbons (Fsp3) is 0.263. The summed E-state index contributed by atoms with van der Waals surface area (Å²) in [6, 6.07) is 4.94. The van der Waals surface area contributed by atoms with Gasteiger partial charge in [-0.15, -0.1) is 11.3 Å². The van der Waals surface area contributed by atoms with Crippen molar-refractivity contribution in [1.29, 1.82) is 0 Å². The lowest BCUT2D eigenvalue weighted by molar-refractivity contribution is 0.102. The van der Waals surface area contributed by atoms with Crippen LogP contribution in [0.25, 0.3) is 11.3 Å². The van der Waals surface area contributed by atoms with E-state index in [4.69, 9.17) is 4.42 Å². The molecule has 3 rings (SSSR count). The number of rotatable bonds is 5. The summed E-state index contributed by atoms with van der Waals surface area (Å²) in [5, 5.41) is 5.00. The lowest BCUT2D eigenvalue weighted by Gasteiger charge is -2.12. The van der Waals surface area contributed by atoms with Crippen LogP contribution in [0.4, 0.5) is 5.13 Å². The molecular formula is C19H21N3O4S2. The molecule has 9 heteroatoms. The van der Waals surface area contributed by atoms with Crippen LogP contribution in [0.3, 0.4) is 0 Å². The minimum atomic E-state index is -3.67. The van der Waals surface area contributed by atoms with Crippen molar-refractivity contribution >= 4 is 32.4 Å². The number of sulfonamides is 1. The van der Waals surface area contributed by atoms with Crippen molar-refractivity contribution in [2.45, 2.75) is 32.6 Å². The fourth-order valence-corrected chi connectivity index (χ4v) is 4.63. The Morgan fingerprint density at radius 2 is 1.86 bits per heavy atom. The van der Waals surface area contributed by atoms with Crippen LogP contribution < -0.4 is 10.0 Å². The molecule has 3 aromatic rings. The van der Waals surface area contributed by atoms with Gasteiger partial charge in [0.25, 0.3) is 5.91 Å². The highest BCUT2D eigenvalue weighted by molar-refractivity contribution is 7.89. The largest absolute Gasteiger partial charge is 0.466 e. The van der Waals surface area contributed by atoms with Gasteiger partial charge in [-0.1, -0.05) is 0 Å². The molecule has 1 aromatic carbocycles. The van der Waals surface area contributed by atoms with Crippen molar-refractivity contribution in [3.63, 3.8) is 0 Å². The van der Waals surface area contributed by atoms with Gasteiger partial charge in [0.15, 0.2) is 5.13 Å². The molecule has 0 bridgehead atoms. The lowest BCUT2D eigenvalue weighted by atomic mass is 10.1. The summed E-state index contributed by atoms with van der Waals surface area (Å²) >= 11 is 1.29. The maximum atomic E-state index is 12.7. The number of amides is 1. The number of nitrogens with zero attached hydrogens (tertiary/aromatic N) is 1. The molecule has 2 aromatic heterocycles. The van der Waals surface area contributed by atoms with E-state index in [1.807, 2.05) is 25.3 Å². The molecule has 0 aliphatic carbocycles. The summed E-state index contributed by atoms with van der Waals surface area (Å²) in [5.74, 6) is 1.13. The van der Waals surface area contributed by atoms with E-state index in [2.05, 4.69) is 15.0 Å². The molecule has 2 N–H and O–H groups in total. The minimum absolute atomic E-state index is 0.0875. The average Bonchev–Trinajstić information content (AvgIpc) is 3.22. The minimum Gasteiger partial charge on any atom is -0.466 e. The summed E-state index contributed by atoms with van der Waals surface area (Å²) in [4.78, 5) is 17.2. The van der Waals surface area contributed by atoms with Crippen molar-refractivity contribution in [2.75, 3.05) is 12.4 Å². The Hall–Kier alpha value is -2.49. The van der Waals surface area contributed by atoms with E-state index in [1.165, 1.54) is 24.5 Å². The van der Waals surface area contributed by atoms with Crippen molar-refractivity contribution in [1.82, 2.24) is 9.71 Å². The van der Waals surface area contributed by atoms with Crippen LogP contribution in [-0.4, -0.2) is 26.4 Å². The predicted molar refractivity (Wildman–Crippen MR) is 109 cm³/mol. The number of carbonyl (C=O) groups is 1. The Balaban J connectivity index is 1.89. The topological polar surface area (TPSA) is 101 Å². The number of anilines is 1. The lowest BCUT2D eigenvalue weighted by Crippen LogP contribution is -2.21. The van der Waals surface area contributed by atoms with Crippen LogP contribution in [0.1, 0.15) is 33.0 Å². The number of aryl methyl sites for hydroxylation is 3. The van der Waals surface area contributed by atoms with Gasteiger partial charge in [0.2, 0.25) is 10.0 Å². The van der Waals surface area contributed by atoms with Gasteiger partial charge in [-0.2, -0.15) is 0 Å². The second-order valence-electron chi connectivity index (χ2n) is 6.44. The smallest absolute Gasteiger partial charge is 0.257 e. The SMILES string of the molecule is CNS(=O)(=O)c1cc(C(=O)Nc2nc(-c3cc(C)oc3C)cs2)cc(C)c1C. The summed E-state index contributed by atoms with van der Waals surface area (Å²) < 4.78 is 32.3. The fourth-order valence-electron chi connectivity index (χ4n) is 2.86. The van der Waals surface area contributed by atoms with Gasteiger partial charge in [-0.25, -0.2) is 18.1 Å². The highest BCUT2D eigenvalue weighted by Crippen LogP contribution is 2.30. The molecule has 28 heavy (non-hydrogen) atoms. The second-order valence-corrected chi connectivity index (χ2v) is 9.16. The Morgan fingerprint density at radius 1 is 1.14 bits per heavy atom. The molecule has 1 amide bonds. The van der Waals surface area contributed by atoms with Crippen molar-refractivity contribution in [3.05, 3.63) is 51.8 Å². The number of carbonyl (C=O) groups excluding carboxylic acids is 1. The number of aromatic nitrogens is 1. The van der Waals surface area contributed by atoms with Crippen LogP contribution in [0.2, 0.25) is 0 Å². The van der Waals surface area contributed by atoms with Gasteiger partial charge in [0.1, 0.15) is 11.5 Å². The van der Waals surface area contributed by atoms with Crippen LogP contribution in [0.5, 0.6) is 0 Å². The molecule has 2 heterocycles. The van der Waals surface area contributed by atoms with E-state index < -0.39 is 15.9 Å². The van der Waals surface area contributed by atoms with E-state index in [0.29, 0.717) is 22.0 Å². The third kappa shape index (κ3) is 3.87. The summed E-state index contributed by atoms with van der Waals surface area (Å²) in [5.41, 5.74) is 3.17. The molecule has 0 aliphatic heterocycles. The van der Waals surface area contributed by atoms with E-state index in [0.717, 1.165) is 17.1 Å². The molecule has 0 unspecified atom stereocenters. The number of nitrogens with one attached hydrogen (secondary N) is 2. The normalized spacial score (nSPS) is 11.6. The molecule has 7 nitrogen and oxygen atoms in total. The number of thiazole rings is 1. The maximum Gasteiger partial charge on any atom is 0.257 e. The Kier molecular flexibility index (Phi) is 5.42. The Morgan fingerprint density at radius 3 is 2.46 bits per heavy atom. The van der Waals surface area contributed by atoms with Gasteiger partial charge < -0.3 is 4.42 Å². The third-order valence-electron chi connectivity index (χ3n) is 4.48. The van der Waals surface area contributed by atoms with Gasteiger partial charge in [0, 0.05) is 16.5 Å². The second kappa shape index (κ2) is 7.50. The molecule has 0 saturated carbocycles. The monoisotopic (exact) mass is 419 g/mol. The van der Waals surface area contributed by atoms with Crippen LogP contribution >= 0.6 is 11.3 Å². The first kappa shape index (κ1) is 20.2. The zero-order valence-corrected chi connectivity index (χ0v) is 17.8. The molecule has 0 fully saturated rings. The van der Waals surface area contributed by atoms with Gasteiger partial charge in [-0.05, 0) is 64.1 Å². The van der Waals surface area contributed by atoms with E-state index in [9.17, 15) is 13.2 Å². The number of hydrogen-bond acceptors (Lipinski definition) is 6. The van der Waals surface area contributed by atoms with Crippen molar-refractivity contribution < 1.29 is 17.6 Å². The van der Waals surface area contributed by atoms with E-state index in [1.54, 1.807) is 19.9 Å².